The maximum Gasteiger partial charge on any atom is 0.335 e. The van der Waals surface area contributed by atoms with Gasteiger partial charge in [0.25, 0.3) is 15.9 Å². The second kappa shape index (κ2) is 15.1. The predicted octanol–water partition coefficient (Wildman–Crippen LogP) is 6.91. The SMILES string of the molecule is O=C(O)c1ccc(N(Cc2ccc(C3CCOCC3)cc2)C(=O)[C@]2(OCc3ccccc3)CCCN2S(=O)(=O)c2c(F)c(F)c(F)c(F)c2F)cc1. The lowest BCUT2D eigenvalue weighted by atomic mass is 9.91. The lowest BCUT2D eigenvalue weighted by molar-refractivity contribution is -0.161. The Morgan fingerprint density at radius 3 is 2.02 bits per heavy atom. The van der Waals surface area contributed by atoms with Crippen LogP contribution >= 0.6 is 0 Å². The van der Waals surface area contributed by atoms with Crippen LogP contribution in [-0.2, 0) is 37.4 Å². The number of carbonyl (C=O) groups excluding carboxylic acids is 1. The highest BCUT2D eigenvalue weighted by Gasteiger charge is 2.57. The van der Waals surface area contributed by atoms with E-state index in [1.165, 1.54) is 24.3 Å². The van der Waals surface area contributed by atoms with Gasteiger partial charge in [0.15, 0.2) is 28.2 Å². The van der Waals surface area contributed by atoms with E-state index >= 15 is 13.6 Å². The minimum absolute atomic E-state index is 0.0965. The summed E-state index contributed by atoms with van der Waals surface area (Å²) in [4.78, 5) is 25.7. The smallest absolute Gasteiger partial charge is 0.335 e. The Hall–Kier alpha value is -4.70. The van der Waals surface area contributed by atoms with E-state index in [4.69, 9.17) is 9.47 Å². The number of carbonyl (C=O) groups is 2. The van der Waals surface area contributed by atoms with E-state index in [1.807, 2.05) is 12.1 Å². The van der Waals surface area contributed by atoms with Crippen molar-refractivity contribution < 1.29 is 54.5 Å². The Morgan fingerprint density at radius 1 is 0.827 bits per heavy atom. The van der Waals surface area contributed by atoms with Gasteiger partial charge in [0.1, 0.15) is 0 Å². The van der Waals surface area contributed by atoms with Crippen molar-refractivity contribution >= 4 is 27.6 Å². The monoisotopic (exact) mass is 744 g/mol. The van der Waals surface area contributed by atoms with Crippen LogP contribution in [0.3, 0.4) is 0 Å². The van der Waals surface area contributed by atoms with Crippen LogP contribution in [0.2, 0.25) is 0 Å². The van der Waals surface area contributed by atoms with Gasteiger partial charge in [-0.25, -0.2) is 35.2 Å². The third-order valence-corrected chi connectivity index (χ3v) is 11.3. The number of hydrogen-bond acceptors (Lipinski definition) is 6. The fourth-order valence-electron chi connectivity index (χ4n) is 6.58. The first-order chi connectivity index (χ1) is 24.8. The van der Waals surface area contributed by atoms with Crippen LogP contribution < -0.4 is 4.90 Å². The summed E-state index contributed by atoms with van der Waals surface area (Å²) in [5.74, 6) is -14.7. The molecular weight excluding hydrogens is 711 g/mol. The van der Waals surface area contributed by atoms with Crippen LogP contribution in [0.5, 0.6) is 0 Å². The molecule has 15 heteroatoms. The maximum atomic E-state index is 15.1. The normalized spacial score (nSPS) is 18.4. The highest BCUT2D eigenvalue weighted by molar-refractivity contribution is 7.89. The average Bonchev–Trinajstić information content (AvgIpc) is 3.61. The first-order valence-electron chi connectivity index (χ1n) is 16.4. The van der Waals surface area contributed by atoms with Crippen molar-refractivity contribution in [3.05, 3.63) is 130 Å². The number of rotatable bonds is 11. The van der Waals surface area contributed by atoms with E-state index in [0.29, 0.717) is 28.6 Å². The molecule has 4 aromatic carbocycles. The summed E-state index contributed by atoms with van der Waals surface area (Å²) in [7, 11) is -5.67. The summed E-state index contributed by atoms with van der Waals surface area (Å²) in [6, 6.07) is 20.8. The van der Waals surface area contributed by atoms with Gasteiger partial charge in [-0.05, 0) is 66.1 Å². The number of aromatic carboxylic acids is 1. The second-order valence-corrected chi connectivity index (χ2v) is 14.3. The summed E-state index contributed by atoms with van der Waals surface area (Å²) in [5.41, 5.74) is -0.431. The van der Waals surface area contributed by atoms with Crippen LogP contribution in [0.15, 0.2) is 83.8 Å². The van der Waals surface area contributed by atoms with E-state index in [2.05, 4.69) is 0 Å². The molecule has 1 atom stereocenters. The quantitative estimate of drug-likeness (QED) is 0.101. The van der Waals surface area contributed by atoms with Crippen molar-refractivity contribution in [2.75, 3.05) is 24.7 Å². The molecule has 1 amide bonds. The molecule has 2 aliphatic heterocycles. The fraction of sp³-hybridized carbons (Fsp3) is 0.297. The molecular formula is C37H33F5N2O7S. The number of hydrogen-bond donors (Lipinski definition) is 1. The van der Waals surface area contributed by atoms with E-state index < -0.39 is 68.2 Å². The topological polar surface area (TPSA) is 113 Å². The van der Waals surface area contributed by atoms with Gasteiger partial charge in [-0.15, -0.1) is 0 Å². The Kier molecular flexibility index (Phi) is 10.8. The Balaban J connectivity index is 1.46. The van der Waals surface area contributed by atoms with Crippen LogP contribution in [0.25, 0.3) is 0 Å². The molecule has 2 saturated heterocycles. The van der Waals surface area contributed by atoms with Crippen molar-refractivity contribution in [1.29, 1.82) is 0 Å². The predicted molar refractivity (Wildman–Crippen MR) is 177 cm³/mol. The molecule has 0 aromatic heterocycles. The van der Waals surface area contributed by atoms with E-state index in [9.17, 15) is 31.5 Å². The van der Waals surface area contributed by atoms with Crippen molar-refractivity contribution in [3.8, 4) is 0 Å². The van der Waals surface area contributed by atoms with Gasteiger partial charge in [0.05, 0.1) is 18.7 Å². The zero-order valence-corrected chi connectivity index (χ0v) is 28.4. The van der Waals surface area contributed by atoms with Crippen molar-refractivity contribution in [2.45, 2.75) is 55.4 Å². The van der Waals surface area contributed by atoms with Crippen molar-refractivity contribution in [1.82, 2.24) is 4.31 Å². The number of amides is 1. The number of ether oxygens (including phenoxy) is 2. The highest BCUT2D eigenvalue weighted by Crippen LogP contribution is 2.41. The maximum absolute atomic E-state index is 15.1. The summed E-state index contributed by atoms with van der Waals surface area (Å²) < 4.78 is 113. The third kappa shape index (κ3) is 7.05. The lowest BCUT2D eigenvalue weighted by Gasteiger charge is -2.40. The molecule has 9 nitrogen and oxygen atoms in total. The number of nitrogens with zero attached hydrogens (tertiary/aromatic N) is 2. The number of anilines is 1. The van der Waals surface area contributed by atoms with E-state index in [1.54, 1.807) is 42.5 Å². The number of halogens is 5. The first-order valence-corrected chi connectivity index (χ1v) is 17.8. The molecule has 0 bridgehead atoms. The molecule has 2 heterocycles. The lowest BCUT2D eigenvalue weighted by Crippen LogP contribution is -2.60. The standard InChI is InChI=1S/C37H33F5N2O7S/c38-29-30(39)32(41)34(33(42)31(29)40)52(48,49)44-18-4-17-37(44,51-22-24-5-2-1-3-6-24)36(47)43(28-13-11-27(12-14-28)35(45)46)21-23-7-9-25(10-8-23)26-15-19-50-20-16-26/h1-3,5-14,26H,4,15-22H2,(H,45,46)/t37-/m1/s1. The van der Waals surface area contributed by atoms with Crippen molar-refractivity contribution in [3.63, 3.8) is 0 Å². The summed E-state index contributed by atoms with van der Waals surface area (Å²) in [5, 5.41) is 9.50. The van der Waals surface area contributed by atoms with Crippen LogP contribution in [0, 0.1) is 29.1 Å². The minimum Gasteiger partial charge on any atom is -0.478 e. The molecule has 52 heavy (non-hydrogen) atoms. The number of benzene rings is 4. The molecule has 0 saturated carbocycles. The Labute approximate surface area is 296 Å². The van der Waals surface area contributed by atoms with Gasteiger partial charge in [-0.2, -0.15) is 4.31 Å². The Morgan fingerprint density at radius 2 is 1.42 bits per heavy atom. The molecule has 0 spiro atoms. The molecule has 0 unspecified atom stereocenters. The molecule has 0 aliphatic carbocycles. The van der Waals surface area contributed by atoms with Gasteiger partial charge in [0.2, 0.25) is 11.5 Å². The third-order valence-electron chi connectivity index (χ3n) is 9.34. The zero-order chi connectivity index (χ0) is 37.2. The van der Waals surface area contributed by atoms with E-state index in [0.717, 1.165) is 23.3 Å². The first kappa shape index (κ1) is 37.1. The van der Waals surface area contributed by atoms with Crippen molar-refractivity contribution in [2.24, 2.45) is 0 Å². The highest BCUT2D eigenvalue weighted by atomic mass is 32.2. The molecule has 4 aromatic rings. The summed E-state index contributed by atoms with van der Waals surface area (Å²) in [6.45, 7) is 0.0778. The van der Waals surface area contributed by atoms with Gasteiger partial charge >= 0.3 is 5.97 Å². The largest absolute Gasteiger partial charge is 0.478 e. The number of sulfonamides is 1. The molecule has 2 aliphatic rings. The molecule has 1 N–H and O–H groups in total. The molecule has 0 radical (unpaired) electrons. The van der Waals surface area contributed by atoms with Gasteiger partial charge in [-0.1, -0.05) is 54.6 Å². The Bertz CT molecular complexity index is 2030. The molecule has 6 rings (SSSR count). The van der Waals surface area contributed by atoms with Crippen LogP contribution in [0.1, 0.15) is 58.6 Å². The average molecular weight is 745 g/mol. The minimum atomic E-state index is -5.67. The summed E-state index contributed by atoms with van der Waals surface area (Å²) >= 11 is 0. The van der Waals surface area contributed by atoms with Gasteiger partial charge in [0, 0.05) is 31.9 Å². The molecule has 2 fully saturated rings. The number of carboxylic acid groups (broad SMARTS) is 1. The van der Waals surface area contributed by atoms with Gasteiger partial charge < -0.3 is 19.5 Å². The van der Waals surface area contributed by atoms with Gasteiger partial charge in [-0.3, -0.25) is 4.79 Å². The molecule has 274 valence electrons. The second-order valence-electron chi connectivity index (χ2n) is 12.5. The summed E-state index contributed by atoms with van der Waals surface area (Å²) in [6.07, 6.45) is 1.20. The van der Waals surface area contributed by atoms with E-state index in [-0.39, 0.29) is 43.2 Å². The fourth-order valence-corrected chi connectivity index (χ4v) is 8.42. The van der Waals surface area contributed by atoms with Crippen LogP contribution in [0.4, 0.5) is 27.6 Å². The number of carboxylic acids is 1. The van der Waals surface area contributed by atoms with Crippen LogP contribution in [-0.4, -0.2) is 55.2 Å². The zero-order valence-electron chi connectivity index (χ0n) is 27.5.